The molecule has 0 aliphatic carbocycles. The number of ketones is 1. The van der Waals surface area contributed by atoms with E-state index in [4.69, 9.17) is 0 Å². The summed E-state index contributed by atoms with van der Waals surface area (Å²) in [5.41, 5.74) is 2.67. The summed E-state index contributed by atoms with van der Waals surface area (Å²) in [5.74, 6) is 0.447. The van der Waals surface area contributed by atoms with Crippen LogP contribution in [0, 0.1) is 0 Å². The van der Waals surface area contributed by atoms with Crippen molar-refractivity contribution < 1.29 is 4.79 Å². The third kappa shape index (κ3) is 3.08. The summed E-state index contributed by atoms with van der Waals surface area (Å²) in [6.07, 6.45) is 0. The van der Waals surface area contributed by atoms with Gasteiger partial charge in [0.2, 0.25) is 5.78 Å². The second kappa shape index (κ2) is 6.57. The van der Waals surface area contributed by atoms with Gasteiger partial charge in [-0.05, 0) is 30.3 Å². The van der Waals surface area contributed by atoms with Crippen LogP contribution in [0.2, 0.25) is 0 Å². The predicted molar refractivity (Wildman–Crippen MR) is 103 cm³/mol. The molecular formula is C21H13BrN2O. The fraction of sp³-hybridized carbons (Fsp3) is 0. The maximum absolute atomic E-state index is 13.0. The van der Waals surface area contributed by atoms with Gasteiger partial charge in [0.25, 0.3) is 0 Å². The molecule has 0 saturated heterocycles. The van der Waals surface area contributed by atoms with Gasteiger partial charge in [-0.2, -0.15) is 0 Å². The zero-order valence-electron chi connectivity index (χ0n) is 13.2. The molecule has 0 aliphatic rings. The molecular weight excluding hydrogens is 376 g/mol. The molecule has 4 aromatic rings. The van der Waals surface area contributed by atoms with E-state index >= 15 is 0 Å². The fourth-order valence-electron chi connectivity index (χ4n) is 2.70. The Kier molecular flexibility index (Phi) is 4.12. The lowest BCUT2D eigenvalue weighted by atomic mass is 10.0. The van der Waals surface area contributed by atoms with Gasteiger partial charge in [-0.1, -0.05) is 64.5 Å². The van der Waals surface area contributed by atoms with Gasteiger partial charge in [0.15, 0.2) is 5.82 Å². The van der Waals surface area contributed by atoms with Crippen molar-refractivity contribution in [3.05, 3.63) is 94.6 Å². The highest BCUT2D eigenvalue weighted by molar-refractivity contribution is 9.10. The van der Waals surface area contributed by atoms with Crippen LogP contribution in [0.1, 0.15) is 16.1 Å². The standard InChI is InChI=1S/C21H13BrN2O/c22-16-12-10-14(11-13-16)20(25)19-17-8-4-5-9-18(17)23-21(24-19)15-6-2-1-3-7-15/h1-13H. The van der Waals surface area contributed by atoms with E-state index in [-0.39, 0.29) is 5.78 Å². The molecule has 25 heavy (non-hydrogen) atoms. The molecule has 0 unspecified atom stereocenters. The number of halogens is 1. The Morgan fingerprint density at radius 2 is 1.44 bits per heavy atom. The second-order valence-corrected chi connectivity index (χ2v) is 6.53. The molecule has 0 atom stereocenters. The van der Waals surface area contributed by atoms with Crippen LogP contribution in [0.3, 0.4) is 0 Å². The molecule has 0 aliphatic heterocycles. The van der Waals surface area contributed by atoms with E-state index < -0.39 is 0 Å². The number of aromatic nitrogens is 2. The van der Waals surface area contributed by atoms with Crippen LogP contribution in [0.25, 0.3) is 22.3 Å². The van der Waals surface area contributed by atoms with E-state index in [0.717, 1.165) is 20.9 Å². The third-order valence-electron chi connectivity index (χ3n) is 3.96. The van der Waals surface area contributed by atoms with E-state index in [2.05, 4.69) is 25.9 Å². The van der Waals surface area contributed by atoms with Crippen LogP contribution < -0.4 is 0 Å². The highest BCUT2D eigenvalue weighted by atomic mass is 79.9. The van der Waals surface area contributed by atoms with Gasteiger partial charge >= 0.3 is 0 Å². The molecule has 0 amide bonds. The molecule has 3 nitrogen and oxygen atoms in total. The molecule has 4 heteroatoms. The zero-order chi connectivity index (χ0) is 17.2. The van der Waals surface area contributed by atoms with Gasteiger partial charge in [-0.15, -0.1) is 0 Å². The molecule has 0 bridgehead atoms. The Morgan fingerprint density at radius 1 is 0.760 bits per heavy atom. The number of carbonyl (C=O) groups is 1. The Bertz CT molecular complexity index is 1060. The first kappa shape index (κ1) is 15.7. The van der Waals surface area contributed by atoms with Crippen LogP contribution in [-0.4, -0.2) is 15.8 Å². The molecule has 0 N–H and O–H groups in total. The average Bonchev–Trinajstić information content (AvgIpc) is 2.68. The number of fused-ring (bicyclic) bond motifs is 1. The van der Waals surface area contributed by atoms with Crippen molar-refractivity contribution in [3.8, 4) is 11.4 Å². The summed E-state index contributed by atoms with van der Waals surface area (Å²) in [6.45, 7) is 0. The SMILES string of the molecule is O=C(c1ccc(Br)cc1)c1nc(-c2ccccc2)nc2ccccc12. The van der Waals surface area contributed by atoms with E-state index in [0.29, 0.717) is 17.1 Å². The van der Waals surface area contributed by atoms with Crippen molar-refractivity contribution in [2.24, 2.45) is 0 Å². The number of carbonyl (C=O) groups excluding carboxylic acids is 1. The van der Waals surface area contributed by atoms with E-state index in [1.54, 1.807) is 12.1 Å². The van der Waals surface area contributed by atoms with Crippen LogP contribution in [-0.2, 0) is 0 Å². The summed E-state index contributed by atoms with van der Waals surface area (Å²) in [4.78, 5) is 22.3. The maximum Gasteiger partial charge on any atom is 0.212 e. The first-order valence-corrected chi connectivity index (χ1v) is 8.64. The molecule has 4 rings (SSSR count). The van der Waals surface area contributed by atoms with Gasteiger partial charge in [-0.3, -0.25) is 4.79 Å². The third-order valence-corrected chi connectivity index (χ3v) is 4.49. The van der Waals surface area contributed by atoms with Crippen LogP contribution in [0.5, 0.6) is 0 Å². The molecule has 1 aromatic heterocycles. The number of para-hydroxylation sites is 1. The minimum Gasteiger partial charge on any atom is -0.287 e. The number of nitrogens with zero attached hydrogens (tertiary/aromatic N) is 2. The Balaban J connectivity index is 1.92. The normalized spacial score (nSPS) is 10.8. The van der Waals surface area contributed by atoms with Gasteiger partial charge in [0.1, 0.15) is 5.69 Å². The van der Waals surface area contributed by atoms with Crippen molar-refractivity contribution in [1.29, 1.82) is 0 Å². The van der Waals surface area contributed by atoms with Crippen molar-refractivity contribution in [1.82, 2.24) is 9.97 Å². The van der Waals surface area contributed by atoms with Gasteiger partial charge < -0.3 is 0 Å². The molecule has 1 heterocycles. The van der Waals surface area contributed by atoms with Crippen LogP contribution >= 0.6 is 15.9 Å². The molecule has 0 fully saturated rings. The lowest BCUT2D eigenvalue weighted by Gasteiger charge is -2.08. The Morgan fingerprint density at radius 3 is 2.20 bits per heavy atom. The van der Waals surface area contributed by atoms with Crippen LogP contribution in [0.15, 0.2) is 83.3 Å². The van der Waals surface area contributed by atoms with E-state index in [1.165, 1.54) is 0 Å². The molecule has 120 valence electrons. The quantitative estimate of drug-likeness (QED) is 0.447. The number of benzene rings is 3. The van der Waals surface area contributed by atoms with Crippen molar-refractivity contribution in [3.63, 3.8) is 0 Å². The topological polar surface area (TPSA) is 42.9 Å². The first-order valence-electron chi connectivity index (χ1n) is 7.85. The summed E-state index contributed by atoms with van der Waals surface area (Å²) in [7, 11) is 0. The fourth-order valence-corrected chi connectivity index (χ4v) is 2.97. The minimum atomic E-state index is -0.108. The summed E-state index contributed by atoms with van der Waals surface area (Å²) in [6, 6.07) is 24.6. The highest BCUT2D eigenvalue weighted by Gasteiger charge is 2.17. The lowest BCUT2D eigenvalue weighted by molar-refractivity contribution is 0.103. The van der Waals surface area contributed by atoms with Crippen LogP contribution in [0.4, 0.5) is 0 Å². The van der Waals surface area contributed by atoms with Crippen molar-refractivity contribution >= 4 is 32.6 Å². The largest absolute Gasteiger partial charge is 0.287 e. The van der Waals surface area contributed by atoms with Gasteiger partial charge in [0.05, 0.1) is 5.52 Å². The van der Waals surface area contributed by atoms with Gasteiger partial charge in [0, 0.05) is 21.0 Å². The smallest absolute Gasteiger partial charge is 0.212 e. The maximum atomic E-state index is 13.0. The number of hydrogen-bond donors (Lipinski definition) is 0. The summed E-state index contributed by atoms with van der Waals surface area (Å²) >= 11 is 3.40. The monoisotopic (exact) mass is 388 g/mol. The second-order valence-electron chi connectivity index (χ2n) is 5.62. The van der Waals surface area contributed by atoms with Crippen molar-refractivity contribution in [2.75, 3.05) is 0 Å². The molecule has 3 aromatic carbocycles. The molecule has 0 spiro atoms. The lowest BCUT2D eigenvalue weighted by Crippen LogP contribution is -2.07. The average molecular weight is 389 g/mol. The molecule has 0 radical (unpaired) electrons. The Labute approximate surface area is 153 Å². The Hall–Kier alpha value is -2.85. The highest BCUT2D eigenvalue weighted by Crippen LogP contribution is 2.24. The number of rotatable bonds is 3. The summed E-state index contributed by atoms with van der Waals surface area (Å²) < 4.78 is 0.932. The first-order chi connectivity index (χ1) is 12.2. The van der Waals surface area contributed by atoms with Crippen molar-refractivity contribution in [2.45, 2.75) is 0 Å². The predicted octanol–water partition coefficient (Wildman–Crippen LogP) is 5.29. The minimum absolute atomic E-state index is 0.108. The zero-order valence-corrected chi connectivity index (χ0v) is 14.8. The summed E-state index contributed by atoms with van der Waals surface area (Å²) in [5, 5.41) is 0.759. The number of hydrogen-bond acceptors (Lipinski definition) is 3. The van der Waals surface area contributed by atoms with E-state index in [9.17, 15) is 4.79 Å². The molecule has 0 saturated carbocycles. The van der Waals surface area contributed by atoms with E-state index in [1.807, 2.05) is 66.7 Å². The van der Waals surface area contributed by atoms with Gasteiger partial charge in [-0.25, -0.2) is 9.97 Å².